The van der Waals surface area contributed by atoms with Crippen LogP contribution in [0.1, 0.15) is 63.3 Å². The van der Waals surface area contributed by atoms with Crippen LogP contribution in [0.3, 0.4) is 0 Å². The molecule has 0 amide bonds. The van der Waals surface area contributed by atoms with Crippen molar-refractivity contribution in [2.75, 3.05) is 0 Å². The van der Waals surface area contributed by atoms with E-state index in [4.69, 9.17) is 0 Å². The van der Waals surface area contributed by atoms with E-state index in [9.17, 15) is 9.90 Å². The highest BCUT2D eigenvalue weighted by molar-refractivity contribution is 5.23. The van der Waals surface area contributed by atoms with Crippen LogP contribution in [0, 0.1) is 5.92 Å². The molecule has 1 aliphatic rings. The van der Waals surface area contributed by atoms with Gasteiger partial charge in [-0.2, -0.15) is 4.98 Å². The summed E-state index contributed by atoms with van der Waals surface area (Å²) in [6.07, 6.45) is 5.93. The first-order valence-corrected chi connectivity index (χ1v) is 6.97. The van der Waals surface area contributed by atoms with Gasteiger partial charge in [0.2, 0.25) is 5.88 Å². The zero-order chi connectivity index (χ0) is 13.1. The Morgan fingerprint density at radius 2 is 2.17 bits per heavy atom. The number of aromatic hydroxyl groups is 1. The van der Waals surface area contributed by atoms with Gasteiger partial charge in [-0.25, -0.2) is 0 Å². The van der Waals surface area contributed by atoms with E-state index in [0.29, 0.717) is 23.7 Å². The van der Waals surface area contributed by atoms with Gasteiger partial charge in [-0.1, -0.05) is 26.7 Å². The molecule has 1 fully saturated rings. The van der Waals surface area contributed by atoms with Crippen molar-refractivity contribution in [2.24, 2.45) is 5.92 Å². The van der Waals surface area contributed by atoms with Gasteiger partial charge in [0.15, 0.2) is 0 Å². The molecule has 1 aromatic heterocycles. The van der Waals surface area contributed by atoms with Gasteiger partial charge in [-0.15, -0.1) is 0 Å². The van der Waals surface area contributed by atoms with Crippen molar-refractivity contribution in [2.45, 2.75) is 58.3 Å². The van der Waals surface area contributed by atoms with Crippen LogP contribution in [0.15, 0.2) is 4.79 Å². The van der Waals surface area contributed by atoms with Crippen molar-refractivity contribution in [3.63, 3.8) is 0 Å². The molecule has 2 unspecified atom stereocenters. The molecule has 1 aromatic rings. The fraction of sp³-hybridized carbons (Fsp3) is 0.714. The molecular weight excluding hydrogens is 228 g/mol. The molecule has 100 valence electrons. The lowest BCUT2D eigenvalue weighted by Crippen LogP contribution is -2.18. The number of rotatable bonds is 4. The number of nitrogens with one attached hydrogen (secondary N) is 1. The van der Waals surface area contributed by atoms with E-state index in [1.54, 1.807) is 0 Å². The topological polar surface area (TPSA) is 66.0 Å². The summed E-state index contributed by atoms with van der Waals surface area (Å²) in [5.74, 6) is 1.64. The molecule has 4 nitrogen and oxygen atoms in total. The van der Waals surface area contributed by atoms with Gasteiger partial charge in [-0.05, 0) is 31.6 Å². The number of hydrogen-bond donors (Lipinski definition) is 2. The molecule has 0 spiro atoms. The van der Waals surface area contributed by atoms with Crippen molar-refractivity contribution < 1.29 is 5.11 Å². The third kappa shape index (κ3) is 2.57. The first-order valence-electron chi connectivity index (χ1n) is 6.97. The second-order valence-electron chi connectivity index (χ2n) is 5.29. The van der Waals surface area contributed by atoms with Gasteiger partial charge in [-0.3, -0.25) is 4.79 Å². The van der Waals surface area contributed by atoms with Crippen molar-refractivity contribution in [3.05, 3.63) is 21.7 Å². The first kappa shape index (κ1) is 13.1. The molecule has 1 heterocycles. The van der Waals surface area contributed by atoms with Gasteiger partial charge in [0.25, 0.3) is 5.56 Å². The first-order chi connectivity index (χ1) is 8.65. The maximum Gasteiger partial charge on any atom is 0.257 e. The lowest BCUT2D eigenvalue weighted by atomic mass is 10.0. The Morgan fingerprint density at radius 3 is 2.72 bits per heavy atom. The van der Waals surface area contributed by atoms with Gasteiger partial charge in [0.05, 0.1) is 5.56 Å². The minimum absolute atomic E-state index is 0.0736. The number of H-pyrrole nitrogens is 1. The molecular formula is C14H22N2O2. The lowest BCUT2D eigenvalue weighted by Gasteiger charge is -2.11. The zero-order valence-electron chi connectivity index (χ0n) is 11.2. The Kier molecular flexibility index (Phi) is 4.04. The Balaban J connectivity index is 2.23. The Bertz CT molecular complexity index is 467. The molecule has 0 bridgehead atoms. The fourth-order valence-electron chi connectivity index (χ4n) is 2.87. The van der Waals surface area contributed by atoms with E-state index >= 15 is 0 Å². The van der Waals surface area contributed by atoms with Crippen LogP contribution in [0.5, 0.6) is 5.88 Å². The maximum atomic E-state index is 11.9. The molecule has 2 atom stereocenters. The SMILES string of the molecule is CCCc1c(O)nc(C2CCC(CC)C2)[nH]c1=O. The minimum Gasteiger partial charge on any atom is -0.493 e. The van der Waals surface area contributed by atoms with Crippen LogP contribution in [0.4, 0.5) is 0 Å². The summed E-state index contributed by atoms with van der Waals surface area (Å²) in [6, 6.07) is 0. The van der Waals surface area contributed by atoms with E-state index in [2.05, 4.69) is 16.9 Å². The molecule has 1 aliphatic carbocycles. The normalized spacial score (nSPS) is 23.4. The van der Waals surface area contributed by atoms with Gasteiger partial charge in [0.1, 0.15) is 5.82 Å². The van der Waals surface area contributed by atoms with Crippen LogP contribution in [0.25, 0.3) is 0 Å². The molecule has 0 aromatic carbocycles. The van der Waals surface area contributed by atoms with Crippen LogP contribution in [0.2, 0.25) is 0 Å². The highest BCUT2D eigenvalue weighted by Gasteiger charge is 2.27. The quantitative estimate of drug-likeness (QED) is 0.863. The van der Waals surface area contributed by atoms with Crippen molar-refractivity contribution >= 4 is 0 Å². The number of nitrogens with zero attached hydrogens (tertiary/aromatic N) is 1. The average molecular weight is 250 g/mol. The molecule has 4 heteroatoms. The summed E-state index contributed by atoms with van der Waals surface area (Å²) in [7, 11) is 0. The molecule has 2 N–H and O–H groups in total. The standard InChI is InChI=1S/C14H22N2O2/c1-3-5-11-13(17)15-12(16-14(11)18)10-7-6-9(4-2)8-10/h9-10H,3-8H2,1-2H3,(H2,15,16,17,18). The van der Waals surface area contributed by atoms with Crippen molar-refractivity contribution in [1.82, 2.24) is 9.97 Å². The summed E-state index contributed by atoms with van der Waals surface area (Å²) < 4.78 is 0. The largest absolute Gasteiger partial charge is 0.493 e. The Labute approximate surface area is 107 Å². The zero-order valence-corrected chi connectivity index (χ0v) is 11.2. The van der Waals surface area contributed by atoms with Crippen LogP contribution in [-0.2, 0) is 6.42 Å². The predicted octanol–water partition coefficient (Wildman–Crippen LogP) is 2.72. The minimum atomic E-state index is -0.167. The summed E-state index contributed by atoms with van der Waals surface area (Å²) >= 11 is 0. The molecule has 0 aliphatic heterocycles. The number of aromatic amines is 1. The lowest BCUT2D eigenvalue weighted by molar-refractivity contribution is 0.433. The third-order valence-electron chi connectivity index (χ3n) is 4.02. The van der Waals surface area contributed by atoms with E-state index in [1.807, 2.05) is 6.92 Å². The third-order valence-corrected chi connectivity index (χ3v) is 4.02. The molecule has 0 saturated heterocycles. The average Bonchev–Trinajstić information content (AvgIpc) is 2.82. The van der Waals surface area contributed by atoms with Crippen molar-refractivity contribution in [3.8, 4) is 5.88 Å². The molecule has 18 heavy (non-hydrogen) atoms. The maximum absolute atomic E-state index is 11.9. The Morgan fingerprint density at radius 1 is 1.39 bits per heavy atom. The second kappa shape index (κ2) is 5.55. The van der Waals surface area contributed by atoms with E-state index in [-0.39, 0.29) is 11.4 Å². The van der Waals surface area contributed by atoms with E-state index < -0.39 is 0 Å². The Hall–Kier alpha value is -1.32. The summed E-state index contributed by atoms with van der Waals surface area (Å²) in [5, 5.41) is 9.86. The van der Waals surface area contributed by atoms with Crippen LogP contribution in [-0.4, -0.2) is 15.1 Å². The highest BCUT2D eigenvalue weighted by Crippen LogP contribution is 2.38. The molecule has 0 radical (unpaired) electrons. The van der Waals surface area contributed by atoms with Gasteiger partial charge in [0, 0.05) is 5.92 Å². The van der Waals surface area contributed by atoms with Crippen molar-refractivity contribution in [1.29, 1.82) is 0 Å². The van der Waals surface area contributed by atoms with E-state index in [1.165, 1.54) is 12.8 Å². The van der Waals surface area contributed by atoms with E-state index in [0.717, 1.165) is 25.2 Å². The smallest absolute Gasteiger partial charge is 0.257 e. The summed E-state index contributed by atoms with van der Waals surface area (Å²) in [5.41, 5.74) is 0.255. The molecule has 1 saturated carbocycles. The second-order valence-corrected chi connectivity index (χ2v) is 5.29. The van der Waals surface area contributed by atoms with Crippen LogP contribution < -0.4 is 5.56 Å². The summed E-state index contributed by atoms with van der Waals surface area (Å²) in [6.45, 7) is 4.18. The fourth-order valence-corrected chi connectivity index (χ4v) is 2.87. The van der Waals surface area contributed by atoms with Crippen LogP contribution >= 0.6 is 0 Å². The monoisotopic (exact) mass is 250 g/mol. The van der Waals surface area contributed by atoms with Gasteiger partial charge >= 0.3 is 0 Å². The number of hydrogen-bond acceptors (Lipinski definition) is 3. The highest BCUT2D eigenvalue weighted by atomic mass is 16.3. The number of aromatic nitrogens is 2. The predicted molar refractivity (Wildman–Crippen MR) is 70.9 cm³/mol. The van der Waals surface area contributed by atoms with Gasteiger partial charge < -0.3 is 10.1 Å². The molecule has 2 rings (SSSR count). The summed E-state index contributed by atoms with van der Waals surface area (Å²) in [4.78, 5) is 19.0.